The third-order valence-corrected chi connectivity index (χ3v) is 1.68. The first-order valence-corrected chi connectivity index (χ1v) is 3.27. The van der Waals surface area contributed by atoms with E-state index in [4.69, 9.17) is 5.41 Å². The highest BCUT2D eigenvalue weighted by Crippen LogP contribution is 2.16. The number of aromatic nitrogens is 2. The minimum absolute atomic E-state index is 0.558. The third-order valence-electron chi connectivity index (χ3n) is 1.68. The summed E-state index contributed by atoms with van der Waals surface area (Å²) in [7, 11) is 0. The monoisotopic (exact) mass is 137 g/mol. The van der Waals surface area contributed by atoms with Gasteiger partial charge in [-0.05, 0) is 24.4 Å². The molecule has 0 saturated carbocycles. The van der Waals surface area contributed by atoms with Gasteiger partial charge in [0.05, 0.1) is 5.71 Å². The van der Waals surface area contributed by atoms with E-state index in [9.17, 15) is 0 Å². The van der Waals surface area contributed by atoms with Crippen LogP contribution in [0.5, 0.6) is 0 Å². The molecule has 4 heteroatoms. The number of aryl methyl sites for hydroxylation is 1. The summed E-state index contributed by atoms with van der Waals surface area (Å²) in [6.07, 6.45) is 2.71. The summed E-state index contributed by atoms with van der Waals surface area (Å²) in [6.45, 7) is 0. The zero-order valence-electron chi connectivity index (χ0n) is 5.42. The number of fused-ring (bicyclic) bond motifs is 1. The van der Waals surface area contributed by atoms with Crippen LogP contribution in [0.25, 0.3) is 0 Å². The second-order valence-electron chi connectivity index (χ2n) is 2.39. The Morgan fingerprint density at radius 2 is 2.20 bits per heavy atom. The molecule has 1 aliphatic rings. The van der Waals surface area contributed by atoms with Crippen molar-refractivity contribution in [2.24, 2.45) is 0 Å². The lowest BCUT2D eigenvalue weighted by atomic mass is 10.00. The molecule has 0 atom stereocenters. The Labute approximate surface area is 57.7 Å². The summed E-state index contributed by atoms with van der Waals surface area (Å²) in [5.41, 5.74) is 2.06. The van der Waals surface area contributed by atoms with Gasteiger partial charge in [0.15, 0.2) is 5.69 Å². The van der Waals surface area contributed by atoms with E-state index in [-0.39, 0.29) is 0 Å². The van der Waals surface area contributed by atoms with E-state index in [1.165, 1.54) is 0 Å². The Hall–Kier alpha value is -1.19. The highest BCUT2D eigenvalue weighted by Gasteiger charge is 2.18. The first kappa shape index (κ1) is 5.58. The van der Waals surface area contributed by atoms with Crippen LogP contribution in [0.15, 0.2) is 4.63 Å². The third kappa shape index (κ3) is 0.650. The summed E-state index contributed by atoms with van der Waals surface area (Å²) in [6, 6.07) is 0. The number of hydrogen-bond acceptors (Lipinski definition) is 4. The molecule has 0 fully saturated rings. The molecule has 1 N–H and O–H groups in total. The van der Waals surface area contributed by atoms with Crippen molar-refractivity contribution in [1.82, 2.24) is 10.3 Å². The summed E-state index contributed by atoms with van der Waals surface area (Å²) in [5.74, 6) is 0. The Bertz CT molecular complexity index is 266. The van der Waals surface area contributed by atoms with E-state index < -0.39 is 0 Å². The number of rotatable bonds is 0. The highest BCUT2D eigenvalue weighted by molar-refractivity contribution is 5.97. The largest absolute Gasteiger partial charge is 0.303 e. The fraction of sp³-hybridized carbons (Fsp3) is 0.500. The van der Waals surface area contributed by atoms with Crippen LogP contribution in [0.4, 0.5) is 0 Å². The fourth-order valence-electron chi connectivity index (χ4n) is 1.15. The molecule has 0 saturated heterocycles. The van der Waals surface area contributed by atoms with Crippen LogP contribution in [-0.4, -0.2) is 16.0 Å². The predicted octanol–water partition coefficient (Wildman–Crippen LogP) is 0.774. The van der Waals surface area contributed by atoms with Gasteiger partial charge < -0.3 is 5.41 Å². The molecule has 0 bridgehead atoms. The Kier molecular flexibility index (Phi) is 1.06. The smallest absolute Gasteiger partial charge is 0.151 e. The van der Waals surface area contributed by atoms with Crippen LogP contribution < -0.4 is 0 Å². The van der Waals surface area contributed by atoms with Gasteiger partial charge in [-0.2, -0.15) is 0 Å². The van der Waals surface area contributed by atoms with Gasteiger partial charge in [-0.1, -0.05) is 5.16 Å². The summed E-state index contributed by atoms with van der Waals surface area (Å²) in [4.78, 5) is 0. The van der Waals surface area contributed by atoms with Gasteiger partial charge in [0.25, 0.3) is 0 Å². The quantitative estimate of drug-likeness (QED) is 0.574. The lowest BCUT2D eigenvalue weighted by Crippen LogP contribution is -2.09. The maximum atomic E-state index is 7.42. The zero-order valence-corrected chi connectivity index (χ0v) is 5.42. The van der Waals surface area contributed by atoms with Gasteiger partial charge in [-0.3, -0.25) is 0 Å². The lowest BCUT2D eigenvalue weighted by Gasteiger charge is -2.05. The highest BCUT2D eigenvalue weighted by atomic mass is 16.6. The second-order valence-corrected chi connectivity index (χ2v) is 2.39. The van der Waals surface area contributed by atoms with Crippen molar-refractivity contribution >= 4 is 5.71 Å². The van der Waals surface area contributed by atoms with E-state index in [0.29, 0.717) is 11.4 Å². The van der Waals surface area contributed by atoms with Gasteiger partial charge in [0.1, 0.15) is 5.69 Å². The van der Waals surface area contributed by atoms with Gasteiger partial charge in [0, 0.05) is 0 Å². The Morgan fingerprint density at radius 1 is 1.30 bits per heavy atom. The molecule has 1 aromatic rings. The first-order valence-electron chi connectivity index (χ1n) is 3.27. The van der Waals surface area contributed by atoms with E-state index in [1.54, 1.807) is 0 Å². The van der Waals surface area contributed by atoms with Crippen molar-refractivity contribution in [2.75, 3.05) is 0 Å². The van der Waals surface area contributed by atoms with E-state index in [2.05, 4.69) is 14.9 Å². The van der Waals surface area contributed by atoms with Crippen molar-refractivity contribution in [2.45, 2.75) is 19.3 Å². The molecular formula is C6H7N3O. The van der Waals surface area contributed by atoms with E-state index in [0.717, 1.165) is 25.0 Å². The molecule has 0 unspecified atom stereocenters. The molecule has 4 nitrogen and oxygen atoms in total. The van der Waals surface area contributed by atoms with Gasteiger partial charge in [0.2, 0.25) is 0 Å². The average Bonchev–Trinajstić information content (AvgIpc) is 2.36. The van der Waals surface area contributed by atoms with Crippen LogP contribution in [-0.2, 0) is 6.42 Å². The topological polar surface area (TPSA) is 62.8 Å². The number of nitrogens with zero attached hydrogens (tertiary/aromatic N) is 2. The molecule has 2 rings (SSSR count). The van der Waals surface area contributed by atoms with Crippen molar-refractivity contribution in [3.8, 4) is 0 Å². The molecule has 0 radical (unpaired) electrons. The fourth-order valence-corrected chi connectivity index (χ4v) is 1.15. The molecule has 10 heavy (non-hydrogen) atoms. The van der Waals surface area contributed by atoms with Gasteiger partial charge in [-0.15, -0.1) is 0 Å². The van der Waals surface area contributed by atoms with Crippen molar-refractivity contribution in [3.63, 3.8) is 0 Å². The van der Waals surface area contributed by atoms with Crippen molar-refractivity contribution in [3.05, 3.63) is 11.4 Å². The van der Waals surface area contributed by atoms with Crippen LogP contribution in [0.1, 0.15) is 24.2 Å². The molecular weight excluding hydrogens is 130 g/mol. The molecule has 0 amide bonds. The van der Waals surface area contributed by atoms with Crippen LogP contribution in [0.2, 0.25) is 0 Å². The van der Waals surface area contributed by atoms with Crippen LogP contribution >= 0.6 is 0 Å². The van der Waals surface area contributed by atoms with Crippen molar-refractivity contribution < 1.29 is 4.63 Å². The standard InChI is InChI=1S/C6H7N3O/c7-4-2-1-3-5-6(4)9-10-8-5/h7H,1-3H2. The number of nitrogens with one attached hydrogen (secondary N) is 1. The van der Waals surface area contributed by atoms with Gasteiger partial charge >= 0.3 is 0 Å². The molecule has 1 aromatic heterocycles. The maximum absolute atomic E-state index is 7.42. The molecule has 0 aromatic carbocycles. The minimum atomic E-state index is 0.558. The first-order chi connectivity index (χ1) is 4.88. The maximum Gasteiger partial charge on any atom is 0.151 e. The predicted molar refractivity (Wildman–Crippen MR) is 34.1 cm³/mol. The SMILES string of the molecule is N=C1CCCc2nonc21. The average molecular weight is 137 g/mol. The lowest BCUT2D eigenvalue weighted by molar-refractivity contribution is 0.303. The second kappa shape index (κ2) is 1.90. The minimum Gasteiger partial charge on any atom is -0.303 e. The zero-order chi connectivity index (χ0) is 6.97. The van der Waals surface area contributed by atoms with Gasteiger partial charge in [-0.25, -0.2) is 4.63 Å². The normalized spacial score (nSPS) is 17.0. The molecule has 0 spiro atoms. The molecule has 52 valence electrons. The summed E-state index contributed by atoms with van der Waals surface area (Å²) >= 11 is 0. The summed E-state index contributed by atoms with van der Waals surface area (Å²) in [5, 5.41) is 14.7. The van der Waals surface area contributed by atoms with Crippen molar-refractivity contribution in [1.29, 1.82) is 5.41 Å². The van der Waals surface area contributed by atoms with Crippen LogP contribution in [0, 0.1) is 5.41 Å². The molecule has 0 aliphatic heterocycles. The van der Waals surface area contributed by atoms with E-state index in [1.807, 2.05) is 0 Å². The van der Waals surface area contributed by atoms with E-state index >= 15 is 0 Å². The summed E-state index contributed by atoms with van der Waals surface area (Å²) < 4.78 is 4.50. The Balaban J connectivity index is 2.50. The van der Waals surface area contributed by atoms with Crippen LogP contribution in [0.3, 0.4) is 0 Å². The Morgan fingerprint density at radius 3 is 3.00 bits per heavy atom. The molecule has 1 aliphatic carbocycles. The molecule has 1 heterocycles. The number of hydrogen-bond donors (Lipinski definition) is 1.